The molecule has 1 aliphatic carbocycles. The van der Waals surface area contributed by atoms with Gasteiger partial charge in [-0.15, -0.1) is 0 Å². The normalized spacial score (nSPS) is 19.1. The third-order valence-corrected chi connectivity index (χ3v) is 4.77. The maximum absolute atomic E-state index is 11.6. The molecule has 3 nitrogen and oxygen atoms in total. The Morgan fingerprint density at radius 3 is 2.53 bits per heavy atom. The number of carbonyl (C=O) groups is 1. The molecule has 1 aliphatic rings. The van der Waals surface area contributed by atoms with E-state index in [0.717, 1.165) is 12.2 Å². The lowest BCUT2D eigenvalue weighted by Gasteiger charge is -2.18. The monoisotopic (exact) mass is 259 g/mol. The van der Waals surface area contributed by atoms with Crippen LogP contribution in [0.1, 0.15) is 40.0 Å². The van der Waals surface area contributed by atoms with Crippen LogP contribution < -0.4 is 5.32 Å². The zero-order valence-corrected chi connectivity index (χ0v) is 12.2. The number of esters is 1. The van der Waals surface area contributed by atoms with Crippen molar-refractivity contribution in [1.82, 2.24) is 5.32 Å². The zero-order valence-electron chi connectivity index (χ0n) is 11.4. The number of ether oxygens (including phenoxy) is 1. The standard InChI is InChI=1S/C13H25NO2S/c1-9(2)10(3)17-8-7-12(13(15)16-4)14-11-5-6-11/h9-12,14H,5-8H2,1-4H3. The smallest absolute Gasteiger partial charge is 0.322 e. The highest BCUT2D eigenvalue weighted by Crippen LogP contribution is 2.23. The lowest BCUT2D eigenvalue weighted by Crippen LogP contribution is -2.39. The molecule has 0 amide bonds. The minimum absolute atomic E-state index is 0.112. The maximum atomic E-state index is 11.6. The molecule has 0 aromatic carbocycles. The van der Waals surface area contributed by atoms with Gasteiger partial charge in [-0.25, -0.2) is 0 Å². The number of hydrogen-bond acceptors (Lipinski definition) is 4. The number of carbonyl (C=O) groups excluding carboxylic acids is 1. The Morgan fingerprint density at radius 1 is 1.41 bits per heavy atom. The molecular weight excluding hydrogens is 234 g/mol. The van der Waals surface area contributed by atoms with Crippen LogP contribution in [-0.2, 0) is 9.53 Å². The third kappa shape index (κ3) is 5.77. The molecule has 0 aliphatic heterocycles. The average Bonchev–Trinajstić information content (AvgIpc) is 3.10. The van der Waals surface area contributed by atoms with E-state index in [2.05, 4.69) is 26.1 Å². The van der Waals surface area contributed by atoms with Gasteiger partial charge in [0.05, 0.1) is 7.11 Å². The van der Waals surface area contributed by atoms with Gasteiger partial charge in [-0.1, -0.05) is 20.8 Å². The highest BCUT2D eigenvalue weighted by molar-refractivity contribution is 7.99. The molecule has 1 rings (SSSR count). The highest BCUT2D eigenvalue weighted by Gasteiger charge is 2.28. The van der Waals surface area contributed by atoms with Gasteiger partial charge in [0.2, 0.25) is 0 Å². The van der Waals surface area contributed by atoms with E-state index < -0.39 is 0 Å². The lowest BCUT2D eigenvalue weighted by molar-refractivity contribution is -0.143. The summed E-state index contributed by atoms with van der Waals surface area (Å²) in [6.07, 6.45) is 3.26. The van der Waals surface area contributed by atoms with E-state index in [1.807, 2.05) is 11.8 Å². The summed E-state index contributed by atoms with van der Waals surface area (Å²) in [6, 6.07) is 0.436. The fraction of sp³-hybridized carbons (Fsp3) is 0.923. The zero-order chi connectivity index (χ0) is 12.8. The summed E-state index contributed by atoms with van der Waals surface area (Å²) in [5.74, 6) is 1.58. The molecule has 0 saturated heterocycles. The van der Waals surface area contributed by atoms with Crippen molar-refractivity contribution in [2.75, 3.05) is 12.9 Å². The van der Waals surface area contributed by atoms with Crippen LogP contribution in [0.4, 0.5) is 0 Å². The summed E-state index contributed by atoms with van der Waals surface area (Å²) >= 11 is 1.94. The Bertz CT molecular complexity index is 242. The van der Waals surface area contributed by atoms with E-state index in [0.29, 0.717) is 17.2 Å². The third-order valence-electron chi connectivity index (χ3n) is 3.23. The van der Waals surface area contributed by atoms with Crippen molar-refractivity contribution in [1.29, 1.82) is 0 Å². The summed E-state index contributed by atoms with van der Waals surface area (Å²) in [5, 5.41) is 4.00. The molecule has 0 spiro atoms. The number of hydrogen-bond donors (Lipinski definition) is 1. The van der Waals surface area contributed by atoms with Crippen LogP contribution in [0.3, 0.4) is 0 Å². The Balaban J connectivity index is 2.25. The van der Waals surface area contributed by atoms with Gasteiger partial charge in [0.25, 0.3) is 0 Å². The van der Waals surface area contributed by atoms with E-state index in [1.54, 1.807) is 0 Å². The first-order valence-corrected chi connectivity index (χ1v) is 7.55. The lowest BCUT2D eigenvalue weighted by atomic mass is 10.2. The van der Waals surface area contributed by atoms with Crippen molar-refractivity contribution in [2.45, 2.75) is 57.4 Å². The van der Waals surface area contributed by atoms with Crippen molar-refractivity contribution in [2.24, 2.45) is 5.92 Å². The van der Waals surface area contributed by atoms with Gasteiger partial charge in [-0.05, 0) is 30.9 Å². The molecular formula is C13H25NO2S. The topological polar surface area (TPSA) is 38.3 Å². The molecule has 100 valence electrons. The molecule has 0 aromatic rings. The molecule has 0 bridgehead atoms. The molecule has 1 N–H and O–H groups in total. The molecule has 2 atom stereocenters. The molecule has 17 heavy (non-hydrogen) atoms. The Kier molecular flexibility index (Phi) is 6.34. The largest absolute Gasteiger partial charge is 0.468 e. The number of methoxy groups -OCH3 is 1. The summed E-state index contributed by atoms with van der Waals surface area (Å²) in [6.45, 7) is 6.71. The van der Waals surface area contributed by atoms with E-state index in [4.69, 9.17) is 4.74 Å². The van der Waals surface area contributed by atoms with Crippen molar-refractivity contribution in [3.8, 4) is 0 Å². The van der Waals surface area contributed by atoms with Gasteiger partial charge in [0.1, 0.15) is 6.04 Å². The van der Waals surface area contributed by atoms with E-state index in [1.165, 1.54) is 20.0 Å². The summed E-state index contributed by atoms with van der Waals surface area (Å²) in [4.78, 5) is 11.6. The van der Waals surface area contributed by atoms with Crippen LogP contribution in [0.15, 0.2) is 0 Å². The molecule has 0 heterocycles. The first-order chi connectivity index (χ1) is 8.04. The fourth-order valence-corrected chi connectivity index (χ4v) is 2.64. The maximum Gasteiger partial charge on any atom is 0.322 e. The van der Waals surface area contributed by atoms with Gasteiger partial charge in [0, 0.05) is 11.3 Å². The van der Waals surface area contributed by atoms with Crippen LogP contribution in [0, 0.1) is 5.92 Å². The van der Waals surface area contributed by atoms with Crippen molar-refractivity contribution in [3.05, 3.63) is 0 Å². The molecule has 1 fully saturated rings. The van der Waals surface area contributed by atoms with Gasteiger partial charge < -0.3 is 10.1 Å². The Labute approximate surface area is 109 Å². The van der Waals surface area contributed by atoms with Gasteiger partial charge in [0.15, 0.2) is 0 Å². The van der Waals surface area contributed by atoms with Crippen molar-refractivity contribution in [3.63, 3.8) is 0 Å². The molecule has 0 radical (unpaired) electrons. The molecule has 0 aromatic heterocycles. The molecule has 4 heteroatoms. The summed E-state index contributed by atoms with van der Waals surface area (Å²) < 4.78 is 4.84. The van der Waals surface area contributed by atoms with Crippen LogP contribution in [0.2, 0.25) is 0 Å². The molecule has 2 unspecified atom stereocenters. The number of thioether (sulfide) groups is 1. The minimum Gasteiger partial charge on any atom is -0.468 e. The summed E-state index contributed by atoms with van der Waals surface area (Å²) in [5.41, 5.74) is 0. The van der Waals surface area contributed by atoms with Crippen molar-refractivity contribution >= 4 is 17.7 Å². The summed E-state index contributed by atoms with van der Waals surface area (Å²) in [7, 11) is 1.47. The number of rotatable bonds is 8. The fourth-order valence-electron chi connectivity index (χ4n) is 1.51. The van der Waals surface area contributed by atoms with Crippen LogP contribution in [0.25, 0.3) is 0 Å². The Hall–Kier alpha value is -0.220. The molecule has 1 saturated carbocycles. The van der Waals surface area contributed by atoms with Crippen LogP contribution in [0.5, 0.6) is 0 Å². The van der Waals surface area contributed by atoms with Crippen LogP contribution in [-0.4, -0.2) is 36.2 Å². The van der Waals surface area contributed by atoms with Crippen LogP contribution >= 0.6 is 11.8 Å². The van der Waals surface area contributed by atoms with Gasteiger partial charge in [-0.3, -0.25) is 4.79 Å². The van der Waals surface area contributed by atoms with Gasteiger partial charge in [-0.2, -0.15) is 11.8 Å². The second-order valence-electron chi connectivity index (χ2n) is 5.13. The first-order valence-electron chi connectivity index (χ1n) is 6.50. The van der Waals surface area contributed by atoms with E-state index in [9.17, 15) is 4.79 Å². The van der Waals surface area contributed by atoms with E-state index in [-0.39, 0.29) is 12.0 Å². The highest BCUT2D eigenvalue weighted by atomic mass is 32.2. The quantitative estimate of drug-likeness (QED) is 0.680. The minimum atomic E-state index is -0.116. The Morgan fingerprint density at radius 2 is 2.06 bits per heavy atom. The predicted octanol–water partition coefficient (Wildman–Crippen LogP) is 2.45. The first kappa shape index (κ1) is 14.8. The van der Waals surface area contributed by atoms with Crippen molar-refractivity contribution < 1.29 is 9.53 Å². The second-order valence-corrected chi connectivity index (χ2v) is 6.61. The predicted molar refractivity (Wildman–Crippen MR) is 73.3 cm³/mol. The number of nitrogens with one attached hydrogen (secondary N) is 1. The SMILES string of the molecule is COC(=O)C(CCSC(C)C(C)C)NC1CC1. The van der Waals surface area contributed by atoms with Gasteiger partial charge >= 0.3 is 5.97 Å². The van der Waals surface area contributed by atoms with E-state index >= 15 is 0 Å². The second kappa shape index (κ2) is 7.27. The average molecular weight is 259 g/mol.